The van der Waals surface area contributed by atoms with Crippen molar-refractivity contribution in [3.05, 3.63) is 84.4 Å². The highest BCUT2D eigenvalue weighted by atomic mass is 35.5. The van der Waals surface area contributed by atoms with Crippen LogP contribution in [0.2, 0.25) is 10.0 Å². The lowest BCUT2D eigenvalue weighted by Gasteiger charge is -2.16. The molecule has 35 heavy (non-hydrogen) atoms. The van der Waals surface area contributed by atoms with E-state index in [0.29, 0.717) is 28.7 Å². The van der Waals surface area contributed by atoms with E-state index in [1.165, 1.54) is 41.2 Å². The maximum atomic E-state index is 14.1. The van der Waals surface area contributed by atoms with Crippen LogP contribution in [-0.4, -0.2) is 24.6 Å². The van der Waals surface area contributed by atoms with Gasteiger partial charge in [-0.1, -0.05) is 23.2 Å². The number of nitrogens with zero attached hydrogens (tertiary/aromatic N) is 4. The van der Waals surface area contributed by atoms with Crippen LogP contribution < -0.4 is 10.3 Å². The largest absolute Gasteiger partial charge is 0.485 e. The van der Waals surface area contributed by atoms with Crippen LogP contribution in [0.25, 0.3) is 17.1 Å². The SMILES string of the molecule is [2H]C([2H])(Oc1cc(C)n(-c2cc(-c3csc(C(C)(C)O)n3)ncc2Cl)c(=O)c1Cl)c1ncc(F)cc1F. The molecule has 0 aromatic carbocycles. The van der Waals surface area contributed by atoms with Crippen molar-refractivity contribution in [1.82, 2.24) is 19.5 Å². The van der Waals surface area contributed by atoms with Crippen molar-refractivity contribution < 1.29 is 21.4 Å². The van der Waals surface area contributed by atoms with Crippen molar-refractivity contribution in [2.75, 3.05) is 0 Å². The molecule has 0 saturated heterocycles. The molecule has 0 saturated carbocycles. The number of thiazole rings is 1. The maximum Gasteiger partial charge on any atom is 0.277 e. The zero-order valence-electron chi connectivity index (χ0n) is 20.4. The number of halogens is 4. The third-order valence-corrected chi connectivity index (χ3v) is 6.53. The Kier molecular flexibility index (Phi) is 6.19. The fraction of sp³-hybridized carbons (Fsp3) is 0.217. The van der Waals surface area contributed by atoms with Gasteiger partial charge < -0.3 is 9.84 Å². The third-order valence-electron chi connectivity index (χ3n) is 4.73. The lowest BCUT2D eigenvalue weighted by molar-refractivity contribution is 0.0783. The molecule has 1 N–H and O–H groups in total. The topological polar surface area (TPSA) is 90.1 Å². The van der Waals surface area contributed by atoms with Crippen LogP contribution in [0.5, 0.6) is 5.75 Å². The van der Waals surface area contributed by atoms with E-state index in [2.05, 4.69) is 15.0 Å². The van der Waals surface area contributed by atoms with E-state index in [-0.39, 0.29) is 22.2 Å². The molecule has 0 fully saturated rings. The quantitative estimate of drug-likeness (QED) is 0.349. The first-order valence-electron chi connectivity index (χ1n) is 11.0. The minimum atomic E-state index is -2.88. The molecule has 0 unspecified atom stereocenters. The average Bonchev–Trinajstić information content (AvgIpc) is 3.29. The van der Waals surface area contributed by atoms with Crippen LogP contribution in [0, 0.1) is 18.6 Å². The standard InChI is InChI=1S/C23H18Cl2F2N4O3S/c1-11-4-19(34-9-16-14(27)5-12(26)7-28-16)20(25)21(32)31(11)18-6-15(29-8-13(18)24)17-10-35-22(30-17)23(2,3)33/h4-8,10,33H,9H2,1-3H3/i9D2. The van der Waals surface area contributed by atoms with Gasteiger partial charge in [0.25, 0.3) is 5.56 Å². The summed E-state index contributed by atoms with van der Waals surface area (Å²) in [7, 11) is 0. The molecule has 4 rings (SSSR count). The minimum Gasteiger partial charge on any atom is -0.485 e. The number of aromatic nitrogens is 4. The van der Waals surface area contributed by atoms with Crippen molar-refractivity contribution in [1.29, 1.82) is 0 Å². The van der Waals surface area contributed by atoms with E-state index >= 15 is 0 Å². The predicted molar refractivity (Wildman–Crippen MR) is 129 cm³/mol. The second-order valence-electron chi connectivity index (χ2n) is 7.91. The number of hydrogen-bond acceptors (Lipinski definition) is 7. The number of pyridine rings is 3. The fourth-order valence-corrected chi connectivity index (χ4v) is 4.26. The molecule has 4 aromatic rings. The molecule has 182 valence electrons. The summed E-state index contributed by atoms with van der Waals surface area (Å²) in [6, 6.07) is 3.26. The monoisotopic (exact) mass is 540 g/mol. The molecule has 12 heteroatoms. The zero-order chi connectivity index (χ0) is 27.3. The van der Waals surface area contributed by atoms with Gasteiger partial charge in [-0.25, -0.2) is 13.8 Å². The summed E-state index contributed by atoms with van der Waals surface area (Å²) in [6.45, 7) is 1.86. The van der Waals surface area contributed by atoms with Gasteiger partial charge in [-0.15, -0.1) is 11.3 Å². The van der Waals surface area contributed by atoms with Crippen molar-refractivity contribution in [2.45, 2.75) is 32.9 Å². The van der Waals surface area contributed by atoms with Gasteiger partial charge in [-0.2, -0.15) is 0 Å². The van der Waals surface area contributed by atoms with Crippen LogP contribution in [0.3, 0.4) is 0 Å². The first kappa shape index (κ1) is 22.5. The van der Waals surface area contributed by atoms with Crippen LogP contribution in [0.4, 0.5) is 8.78 Å². The maximum absolute atomic E-state index is 14.1. The van der Waals surface area contributed by atoms with E-state index in [1.54, 1.807) is 19.2 Å². The molecule has 0 aliphatic heterocycles. The Hall–Kier alpha value is -2.92. The highest BCUT2D eigenvalue weighted by Crippen LogP contribution is 2.31. The lowest BCUT2D eigenvalue weighted by atomic mass is 10.1. The lowest BCUT2D eigenvalue weighted by Crippen LogP contribution is -2.22. The molecule has 0 aliphatic rings. The summed E-state index contributed by atoms with van der Waals surface area (Å²) in [5.41, 5.74) is -1.46. The normalized spacial score (nSPS) is 12.9. The van der Waals surface area contributed by atoms with Gasteiger partial charge in [0.1, 0.15) is 45.1 Å². The summed E-state index contributed by atoms with van der Waals surface area (Å²) in [4.78, 5) is 25.3. The summed E-state index contributed by atoms with van der Waals surface area (Å²) >= 11 is 13.8. The van der Waals surface area contributed by atoms with Gasteiger partial charge >= 0.3 is 0 Å². The molecule has 4 heterocycles. The smallest absolute Gasteiger partial charge is 0.277 e. The molecule has 4 aromatic heterocycles. The molecular weight excluding hydrogens is 521 g/mol. The van der Waals surface area contributed by atoms with Gasteiger partial charge in [0.15, 0.2) is 5.82 Å². The molecule has 7 nitrogen and oxygen atoms in total. The van der Waals surface area contributed by atoms with E-state index < -0.39 is 40.1 Å². The summed E-state index contributed by atoms with van der Waals surface area (Å²) in [6.07, 6.45) is 1.97. The van der Waals surface area contributed by atoms with Gasteiger partial charge in [0.05, 0.1) is 25.3 Å². The number of ether oxygens (including phenoxy) is 1. The van der Waals surface area contributed by atoms with Gasteiger partial charge in [-0.05, 0) is 26.8 Å². The molecule has 0 aliphatic carbocycles. The average molecular weight is 541 g/mol. The first-order valence-corrected chi connectivity index (χ1v) is 11.6. The van der Waals surface area contributed by atoms with Crippen LogP contribution in [-0.2, 0) is 12.2 Å². The van der Waals surface area contributed by atoms with Crippen molar-refractivity contribution in [3.63, 3.8) is 0 Å². The fourth-order valence-electron chi connectivity index (χ4n) is 3.06. The molecule has 0 spiro atoms. The Morgan fingerprint density at radius 1 is 1.20 bits per heavy atom. The molecule has 0 atom stereocenters. The Bertz CT molecular complexity index is 1570. The molecule has 0 bridgehead atoms. The Labute approximate surface area is 215 Å². The predicted octanol–water partition coefficient (Wildman–Crippen LogP) is 5.45. The number of aliphatic hydroxyl groups is 1. The second kappa shape index (κ2) is 9.62. The van der Waals surface area contributed by atoms with Gasteiger partial charge in [0.2, 0.25) is 0 Å². The highest BCUT2D eigenvalue weighted by molar-refractivity contribution is 7.10. The summed E-state index contributed by atoms with van der Waals surface area (Å²) in [5, 5.41) is 12.0. The van der Waals surface area contributed by atoms with Gasteiger partial charge in [0, 0.05) is 29.4 Å². The van der Waals surface area contributed by atoms with Crippen LogP contribution in [0.1, 0.15) is 33.0 Å². The minimum absolute atomic E-state index is 0.115. The van der Waals surface area contributed by atoms with Crippen molar-refractivity contribution >= 4 is 34.5 Å². The second-order valence-corrected chi connectivity index (χ2v) is 9.55. The Morgan fingerprint density at radius 3 is 2.60 bits per heavy atom. The Morgan fingerprint density at radius 2 is 1.94 bits per heavy atom. The van der Waals surface area contributed by atoms with E-state index in [1.807, 2.05) is 0 Å². The van der Waals surface area contributed by atoms with E-state index in [4.69, 9.17) is 30.7 Å². The number of hydrogen-bond donors (Lipinski definition) is 1. The van der Waals surface area contributed by atoms with Crippen LogP contribution in [0.15, 0.2) is 40.8 Å². The number of aryl methyl sites for hydroxylation is 1. The highest BCUT2D eigenvalue weighted by Gasteiger charge is 2.22. The van der Waals surface area contributed by atoms with Crippen molar-refractivity contribution in [2.24, 2.45) is 0 Å². The van der Waals surface area contributed by atoms with Crippen LogP contribution >= 0.6 is 34.5 Å². The third kappa shape index (κ3) is 5.20. The first-order chi connectivity index (χ1) is 17.2. The number of rotatable bonds is 6. The molecular formula is C23H18Cl2F2N4O3S. The van der Waals surface area contributed by atoms with Crippen molar-refractivity contribution in [3.8, 4) is 22.8 Å². The molecule has 0 radical (unpaired) electrons. The van der Waals surface area contributed by atoms with E-state index in [0.717, 1.165) is 0 Å². The summed E-state index contributed by atoms with van der Waals surface area (Å²) in [5.74, 6) is -2.64. The summed E-state index contributed by atoms with van der Waals surface area (Å²) < 4.78 is 49.9. The van der Waals surface area contributed by atoms with E-state index in [9.17, 15) is 18.7 Å². The van der Waals surface area contributed by atoms with Gasteiger partial charge in [-0.3, -0.25) is 19.3 Å². The Balaban J connectivity index is 1.76. The zero-order valence-corrected chi connectivity index (χ0v) is 20.8. The molecule has 0 amide bonds.